The van der Waals surface area contributed by atoms with Crippen molar-refractivity contribution in [2.24, 2.45) is 0 Å². The van der Waals surface area contributed by atoms with Crippen LogP contribution in [0.5, 0.6) is 5.75 Å². The zero-order valence-electron chi connectivity index (χ0n) is 10.5. The number of hydrogen-bond donors (Lipinski definition) is 1. The molecule has 98 valence electrons. The number of methoxy groups -OCH3 is 1. The second kappa shape index (κ2) is 5.87. The molecule has 0 aliphatic rings. The number of carboxylic acids is 1. The van der Waals surface area contributed by atoms with Crippen LogP contribution in [-0.2, 0) is 4.79 Å². The van der Waals surface area contributed by atoms with E-state index >= 15 is 0 Å². The number of hydrogen-bond acceptors (Lipinski definition) is 3. The van der Waals surface area contributed by atoms with Crippen LogP contribution in [0.15, 0.2) is 6.07 Å². The highest BCUT2D eigenvalue weighted by molar-refractivity contribution is 6.32. The van der Waals surface area contributed by atoms with Crippen molar-refractivity contribution in [3.8, 4) is 5.75 Å². The molecule has 0 unspecified atom stereocenters. The Morgan fingerprint density at radius 1 is 1.33 bits per heavy atom. The third kappa shape index (κ3) is 3.01. The predicted octanol–water partition coefficient (Wildman–Crippen LogP) is 3.01. The zero-order chi connectivity index (χ0) is 13.9. The SMILES string of the molecule is COc1c(C)cc(Cl)c(C)c1C(=O)CCC(=O)O. The van der Waals surface area contributed by atoms with Gasteiger partial charge in [0.25, 0.3) is 0 Å². The molecule has 0 fully saturated rings. The molecule has 0 bridgehead atoms. The highest BCUT2D eigenvalue weighted by Gasteiger charge is 2.20. The first-order valence-corrected chi connectivity index (χ1v) is 5.85. The summed E-state index contributed by atoms with van der Waals surface area (Å²) in [6.07, 6.45) is -0.265. The highest BCUT2D eigenvalue weighted by Crippen LogP contribution is 2.33. The predicted molar refractivity (Wildman–Crippen MR) is 68.7 cm³/mol. The molecular weight excluding hydrogens is 256 g/mol. The maximum atomic E-state index is 12.1. The lowest BCUT2D eigenvalue weighted by atomic mass is 9.97. The highest BCUT2D eigenvalue weighted by atomic mass is 35.5. The Labute approximate surface area is 111 Å². The van der Waals surface area contributed by atoms with E-state index in [4.69, 9.17) is 21.4 Å². The fraction of sp³-hybridized carbons (Fsp3) is 0.385. The molecule has 0 aliphatic carbocycles. The number of carboxylic acid groups (broad SMARTS) is 1. The second-order valence-electron chi connectivity index (χ2n) is 4.03. The molecule has 0 spiro atoms. The van der Waals surface area contributed by atoms with Crippen molar-refractivity contribution >= 4 is 23.4 Å². The standard InChI is InChI=1S/C13H15ClO4/c1-7-6-9(14)8(2)12(13(7)18-3)10(15)4-5-11(16)17/h6H,4-5H2,1-3H3,(H,16,17). The normalized spacial score (nSPS) is 10.2. The van der Waals surface area contributed by atoms with Crippen molar-refractivity contribution in [1.82, 2.24) is 0 Å². The fourth-order valence-electron chi connectivity index (χ4n) is 1.80. The van der Waals surface area contributed by atoms with Gasteiger partial charge in [0.15, 0.2) is 5.78 Å². The first kappa shape index (κ1) is 14.5. The second-order valence-corrected chi connectivity index (χ2v) is 4.43. The molecule has 0 aliphatic heterocycles. The lowest BCUT2D eigenvalue weighted by molar-refractivity contribution is -0.136. The van der Waals surface area contributed by atoms with Crippen LogP contribution in [0, 0.1) is 13.8 Å². The van der Waals surface area contributed by atoms with E-state index in [1.54, 1.807) is 19.9 Å². The maximum absolute atomic E-state index is 12.1. The van der Waals surface area contributed by atoms with Crippen molar-refractivity contribution in [2.75, 3.05) is 7.11 Å². The molecule has 1 N–H and O–H groups in total. The lowest BCUT2D eigenvalue weighted by Crippen LogP contribution is -2.09. The van der Waals surface area contributed by atoms with E-state index in [0.717, 1.165) is 5.56 Å². The number of ether oxygens (including phenoxy) is 1. The molecule has 0 amide bonds. The third-order valence-corrected chi connectivity index (χ3v) is 3.10. The average molecular weight is 271 g/mol. The van der Waals surface area contributed by atoms with E-state index in [9.17, 15) is 9.59 Å². The van der Waals surface area contributed by atoms with E-state index in [0.29, 0.717) is 21.9 Å². The number of aryl methyl sites for hydroxylation is 1. The molecule has 4 nitrogen and oxygen atoms in total. The van der Waals surface area contributed by atoms with Crippen molar-refractivity contribution in [3.63, 3.8) is 0 Å². The van der Waals surface area contributed by atoms with Crippen LogP contribution in [0.25, 0.3) is 0 Å². The van der Waals surface area contributed by atoms with Gasteiger partial charge in [-0.25, -0.2) is 0 Å². The van der Waals surface area contributed by atoms with E-state index in [1.807, 2.05) is 0 Å². The molecule has 5 heteroatoms. The quantitative estimate of drug-likeness (QED) is 0.836. The number of aliphatic carboxylic acids is 1. The van der Waals surface area contributed by atoms with E-state index < -0.39 is 5.97 Å². The van der Waals surface area contributed by atoms with E-state index in [1.165, 1.54) is 7.11 Å². The van der Waals surface area contributed by atoms with Gasteiger partial charge in [0.2, 0.25) is 0 Å². The first-order valence-electron chi connectivity index (χ1n) is 5.47. The number of ketones is 1. The van der Waals surface area contributed by atoms with Crippen molar-refractivity contribution in [1.29, 1.82) is 0 Å². The Morgan fingerprint density at radius 3 is 2.44 bits per heavy atom. The van der Waals surface area contributed by atoms with Gasteiger partial charge in [-0.1, -0.05) is 11.6 Å². The van der Waals surface area contributed by atoms with Crippen molar-refractivity contribution in [2.45, 2.75) is 26.7 Å². The van der Waals surface area contributed by atoms with Gasteiger partial charge >= 0.3 is 5.97 Å². The molecule has 18 heavy (non-hydrogen) atoms. The summed E-state index contributed by atoms with van der Waals surface area (Å²) in [6, 6.07) is 1.73. The minimum atomic E-state index is -1.00. The number of halogens is 1. The molecule has 0 atom stereocenters. The summed E-state index contributed by atoms with van der Waals surface area (Å²) in [4.78, 5) is 22.6. The fourth-order valence-corrected chi connectivity index (χ4v) is 2.05. The Kier molecular flexibility index (Phi) is 4.73. The maximum Gasteiger partial charge on any atom is 0.303 e. The summed E-state index contributed by atoms with van der Waals surface area (Å²) in [5, 5.41) is 9.08. The Hall–Kier alpha value is -1.55. The molecule has 0 radical (unpaired) electrons. The van der Waals surface area contributed by atoms with Gasteiger partial charge in [-0.15, -0.1) is 0 Å². The van der Waals surface area contributed by atoms with Gasteiger partial charge in [0.1, 0.15) is 5.75 Å². The van der Waals surface area contributed by atoms with Crippen molar-refractivity contribution in [3.05, 3.63) is 27.8 Å². The zero-order valence-corrected chi connectivity index (χ0v) is 11.3. The van der Waals surface area contributed by atoms with Gasteiger partial charge in [-0.05, 0) is 31.0 Å². The van der Waals surface area contributed by atoms with Gasteiger partial charge in [-0.3, -0.25) is 9.59 Å². The molecular formula is C13H15ClO4. The summed E-state index contributed by atoms with van der Waals surface area (Å²) in [7, 11) is 1.48. The van der Waals surface area contributed by atoms with Crippen LogP contribution in [-0.4, -0.2) is 24.0 Å². The molecule has 0 aromatic heterocycles. The van der Waals surface area contributed by atoms with E-state index in [2.05, 4.69) is 0 Å². The Morgan fingerprint density at radius 2 is 1.94 bits per heavy atom. The monoisotopic (exact) mass is 270 g/mol. The minimum Gasteiger partial charge on any atom is -0.496 e. The number of benzene rings is 1. The first-order chi connectivity index (χ1) is 8.38. The molecule has 0 heterocycles. The minimum absolute atomic E-state index is 0.0632. The van der Waals surface area contributed by atoms with Gasteiger partial charge in [0, 0.05) is 11.4 Å². The summed E-state index contributed by atoms with van der Waals surface area (Å²) in [5.74, 6) is -0.802. The molecule has 1 rings (SSSR count). The largest absolute Gasteiger partial charge is 0.496 e. The summed E-state index contributed by atoms with van der Waals surface area (Å²) < 4.78 is 5.21. The van der Waals surface area contributed by atoms with Crippen LogP contribution in [0.4, 0.5) is 0 Å². The summed E-state index contributed by atoms with van der Waals surface area (Å²) in [5.41, 5.74) is 1.75. The summed E-state index contributed by atoms with van der Waals surface area (Å²) in [6.45, 7) is 3.51. The third-order valence-electron chi connectivity index (χ3n) is 2.71. The Bertz CT molecular complexity index is 494. The lowest BCUT2D eigenvalue weighted by Gasteiger charge is -2.14. The number of carbonyl (C=O) groups excluding carboxylic acids is 1. The Balaban J connectivity index is 3.21. The molecule has 1 aromatic carbocycles. The summed E-state index contributed by atoms with van der Waals surface area (Å²) >= 11 is 6.03. The van der Waals surface area contributed by atoms with Gasteiger partial charge in [-0.2, -0.15) is 0 Å². The van der Waals surface area contributed by atoms with Gasteiger partial charge < -0.3 is 9.84 Å². The van der Waals surface area contributed by atoms with Crippen LogP contribution in [0.3, 0.4) is 0 Å². The van der Waals surface area contributed by atoms with Crippen molar-refractivity contribution < 1.29 is 19.4 Å². The van der Waals surface area contributed by atoms with E-state index in [-0.39, 0.29) is 18.6 Å². The smallest absolute Gasteiger partial charge is 0.303 e. The molecule has 1 aromatic rings. The van der Waals surface area contributed by atoms with Crippen LogP contribution >= 0.6 is 11.6 Å². The number of rotatable bonds is 5. The molecule has 0 saturated heterocycles. The van der Waals surface area contributed by atoms with Crippen LogP contribution < -0.4 is 4.74 Å². The number of Topliss-reactive ketones (excluding diaryl/α,β-unsaturated/α-hetero) is 1. The topological polar surface area (TPSA) is 63.6 Å². The average Bonchev–Trinajstić information content (AvgIpc) is 2.30. The molecule has 0 saturated carbocycles. The number of carbonyl (C=O) groups is 2. The van der Waals surface area contributed by atoms with Gasteiger partial charge in [0.05, 0.1) is 19.1 Å². The van der Waals surface area contributed by atoms with Crippen LogP contribution in [0.1, 0.15) is 34.3 Å². The van der Waals surface area contributed by atoms with Crippen LogP contribution in [0.2, 0.25) is 5.02 Å².